The minimum Gasteiger partial charge on any atom is -0.460 e. The van der Waals surface area contributed by atoms with Crippen molar-refractivity contribution in [3.8, 4) is 17.2 Å². The summed E-state index contributed by atoms with van der Waals surface area (Å²) in [7, 11) is 0. The van der Waals surface area contributed by atoms with Crippen molar-refractivity contribution in [2.24, 2.45) is 0 Å². The highest BCUT2D eigenvalue weighted by Gasteiger charge is 2.16. The molecule has 0 spiro atoms. The Hall–Kier alpha value is -3.57. The minimum absolute atomic E-state index is 0.00721. The van der Waals surface area contributed by atoms with E-state index in [1.54, 1.807) is 42.5 Å². The van der Waals surface area contributed by atoms with Gasteiger partial charge in [-0.2, -0.15) is 0 Å². The Bertz CT molecular complexity index is 1350. The third-order valence-corrected chi connectivity index (χ3v) is 5.28. The summed E-state index contributed by atoms with van der Waals surface area (Å²) in [6.07, 6.45) is 1.21. The second-order valence-corrected chi connectivity index (χ2v) is 8.74. The summed E-state index contributed by atoms with van der Waals surface area (Å²) in [6.45, 7) is 6.32. The summed E-state index contributed by atoms with van der Waals surface area (Å²) in [5.74, 6) is 0.134. The van der Waals surface area contributed by atoms with E-state index in [-0.39, 0.29) is 27.9 Å². The van der Waals surface area contributed by atoms with Gasteiger partial charge in [0.2, 0.25) is 11.2 Å². The molecular formula is C26H21ClO5. The average Bonchev–Trinajstić information content (AvgIpc) is 2.76. The summed E-state index contributed by atoms with van der Waals surface area (Å²) in [4.78, 5) is 25.3. The van der Waals surface area contributed by atoms with Crippen LogP contribution in [-0.2, 0) is 5.41 Å². The second-order valence-electron chi connectivity index (χ2n) is 8.34. The van der Waals surface area contributed by atoms with Gasteiger partial charge >= 0.3 is 5.97 Å². The third-order valence-electron chi connectivity index (χ3n) is 4.97. The Kier molecular flexibility index (Phi) is 5.76. The fourth-order valence-electron chi connectivity index (χ4n) is 3.14. The standard InChI is InChI=1S/C26H21ClO5/c1-26(2,3)17-10-8-16(9-11-17)25(29)31-18-12-13-19-22(14-18)30-15-23(24(19)28)32-21-7-5-4-6-20(21)27/h4-15H,1-3H3. The molecule has 0 amide bonds. The Labute approximate surface area is 190 Å². The molecular weight excluding hydrogens is 428 g/mol. The monoisotopic (exact) mass is 448 g/mol. The van der Waals surface area contributed by atoms with Gasteiger partial charge in [0, 0.05) is 6.07 Å². The molecule has 0 radical (unpaired) electrons. The molecule has 0 N–H and O–H groups in total. The van der Waals surface area contributed by atoms with Crippen molar-refractivity contribution in [1.29, 1.82) is 0 Å². The van der Waals surface area contributed by atoms with Crippen LogP contribution in [-0.4, -0.2) is 5.97 Å². The lowest BCUT2D eigenvalue weighted by Gasteiger charge is -2.18. The number of para-hydroxylation sites is 1. The maximum Gasteiger partial charge on any atom is 0.343 e. The first-order chi connectivity index (χ1) is 15.2. The lowest BCUT2D eigenvalue weighted by Crippen LogP contribution is -2.13. The van der Waals surface area contributed by atoms with Crippen LogP contribution in [0.3, 0.4) is 0 Å². The van der Waals surface area contributed by atoms with E-state index in [1.807, 2.05) is 12.1 Å². The highest BCUT2D eigenvalue weighted by molar-refractivity contribution is 6.32. The number of hydrogen-bond acceptors (Lipinski definition) is 5. The van der Waals surface area contributed by atoms with Crippen LogP contribution in [0.4, 0.5) is 0 Å². The number of ether oxygens (including phenoxy) is 2. The maximum absolute atomic E-state index is 12.8. The molecule has 0 fully saturated rings. The summed E-state index contributed by atoms with van der Waals surface area (Å²) >= 11 is 6.09. The normalized spacial score (nSPS) is 11.4. The van der Waals surface area contributed by atoms with Crippen LogP contribution in [0.2, 0.25) is 5.02 Å². The molecule has 0 saturated carbocycles. The molecule has 0 bridgehead atoms. The molecule has 0 aliphatic rings. The van der Waals surface area contributed by atoms with E-state index < -0.39 is 5.97 Å². The van der Waals surface area contributed by atoms with Crippen LogP contribution >= 0.6 is 11.6 Å². The van der Waals surface area contributed by atoms with Crippen molar-refractivity contribution in [2.45, 2.75) is 26.2 Å². The summed E-state index contributed by atoms with van der Waals surface area (Å²) in [5, 5.41) is 0.675. The first kappa shape index (κ1) is 21.7. The molecule has 0 atom stereocenters. The number of carbonyl (C=O) groups excluding carboxylic acids is 1. The Morgan fingerprint density at radius 1 is 0.938 bits per heavy atom. The highest BCUT2D eigenvalue weighted by atomic mass is 35.5. The average molecular weight is 449 g/mol. The molecule has 1 heterocycles. The molecule has 0 saturated heterocycles. The lowest BCUT2D eigenvalue weighted by molar-refractivity contribution is 0.0735. The van der Waals surface area contributed by atoms with Gasteiger partial charge in [0.05, 0.1) is 16.0 Å². The van der Waals surface area contributed by atoms with E-state index in [9.17, 15) is 9.59 Å². The molecule has 4 rings (SSSR count). The van der Waals surface area contributed by atoms with E-state index in [2.05, 4.69) is 20.8 Å². The van der Waals surface area contributed by atoms with E-state index in [0.717, 1.165) is 5.56 Å². The van der Waals surface area contributed by atoms with Crippen molar-refractivity contribution in [3.63, 3.8) is 0 Å². The van der Waals surface area contributed by atoms with E-state index in [1.165, 1.54) is 18.4 Å². The van der Waals surface area contributed by atoms with Crippen molar-refractivity contribution >= 4 is 28.5 Å². The summed E-state index contributed by atoms with van der Waals surface area (Å²) in [6, 6.07) is 18.7. The summed E-state index contributed by atoms with van der Waals surface area (Å²) in [5.41, 5.74) is 1.46. The maximum atomic E-state index is 12.8. The second kappa shape index (κ2) is 8.52. The molecule has 6 heteroatoms. The van der Waals surface area contributed by atoms with Gasteiger partial charge < -0.3 is 13.9 Å². The molecule has 5 nitrogen and oxygen atoms in total. The molecule has 1 aromatic heterocycles. The first-order valence-corrected chi connectivity index (χ1v) is 10.4. The quantitative estimate of drug-likeness (QED) is 0.255. The van der Waals surface area contributed by atoms with Gasteiger partial charge in [-0.15, -0.1) is 0 Å². The number of benzene rings is 3. The molecule has 0 aliphatic carbocycles. The van der Waals surface area contributed by atoms with Crippen molar-refractivity contribution < 1.29 is 18.7 Å². The highest BCUT2D eigenvalue weighted by Crippen LogP contribution is 2.29. The number of esters is 1. The molecule has 0 unspecified atom stereocenters. The van der Waals surface area contributed by atoms with Gasteiger partial charge in [0.25, 0.3) is 0 Å². The number of halogens is 1. The zero-order valence-corrected chi connectivity index (χ0v) is 18.6. The summed E-state index contributed by atoms with van der Waals surface area (Å²) < 4.78 is 16.6. The number of rotatable bonds is 4. The van der Waals surface area contributed by atoms with E-state index >= 15 is 0 Å². The van der Waals surface area contributed by atoms with Crippen LogP contribution in [0, 0.1) is 0 Å². The SMILES string of the molecule is CC(C)(C)c1ccc(C(=O)Oc2ccc3c(=O)c(Oc4ccccc4Cl)coc3c2)cc1. The number of hydrogen-bond donors (Lipinski definition) is 0. The topological polar surface area (TPSA) is 65.7 Å². The predicted octanol–water partition coefficient (Wildman–Crippen LogP) is 6.76. The van der Waals surface area contributed by atoms with Gasteiger partial charge in [-0.05, 0) is 47.4 Å². The van der Waals surface area contributed by atoms with Crippen LogP contribution in [0.5, 0.6) is 17.2 Å². The van der Waals surface area contributed by atoms with Crippen LogP contribution < -0.4 is 14.9 Å². The van der Waals surface area contributed by atoms with Crippen molar-refractivity contribution in [3.05, 3.63) is 99.4 Å². The predicted molar refractivity (Wildman–Crippen MR) is 124 cm³/mol. The van der Waals surface area contributed by atoms with Gasteiger partial charge in [-0.3, -0.25) is 4.79 Å². The molecule has 3 aromatic carbocycles. The van der Waals surface area contributed by atoms with Gasteiger partial charge in [0.1, 0.15) is 23.3 Å². The molecule has 32 heavy (non-hydrogen) atoms. The van der Waals surface area contributed by atoms with E-state index in [4.69, 9.17) is 25.5 Å². The van der Waals surface area contributed by atoms with Crippen molar-refractivity contribution in [2.75, 3.05) is 0 Å². The number of carbonyl (C=O) groups is 1. The largest absolute Gasteiger partial charge is 0.460 e. The van der Waals surface area contributed by atoms with Gasteiger partial charge in [-0.1, -0.05) is 56.6 Å². The molecule has 0 aliphatic heterocycles. The number of fused-ring (bicyclic) bond motifs is 1. The fourth-order valence-corrected chi connectivity index (χ4v) is 3.32. The Morgan fingerprint density at radius 2 is 1.66 bits per heavy atom. The van der Waals surface area contributed by atoms with Crippen molar-refractivity contribution in [1.82, 2.24) is 0 Å². The third kappa shape index (κ3) is 4.53. The van der Waals surface area contributed by atoms with E-state index in [0.29, 0.717) is 21.7 Å². The first-order valence-electron chi connectivity index (χ1n) is 10.0. The van der Waals surface area contributed by atoms with Gasteiger partial charge in [0.15, 0.2) is 0 Å². The fraction of sp³-hybridized carbons (Fsp3) is 0.154. The lowest BCUT2D eigenvalue weighted by atomic mass is 9.87. The smallest absolute Gasteiger partial charge is 0.343 e. The molecule has 162 valence electrons. The Balaban J connectivity index is 1.56. The minimum atomic E-state index is -0.495. The molecule has 4 aromatic rings. The Morgan fingerprint density at radius 3 is 2.34 bits per heavy atom. The van der Waals surface area contributed by atoms with Crippen LogP contribution in [0.1, 0.15) is 36.7 Å². The van der Waals surface area contributed by atoms with Gasteiger partial charge in [-0.25, -0.2) is 4.79 Å². The van der Waals surface area contributed by atoms with Crippen LogP contribution in [0.15, 0.2) is 82.2 Å². The van der Waals surface area contributed by atoms with Crippen LogP contribution in [0.25, 0.3) is 11.0 Å². The zero-order valence-electron chi connectivity index (χ0n) is 17.8. The zero-order chi connectivity index (χ0) is 22.9.